The molecule has 0 spiro atoms. The van der Waals surface area contributed by atoms with Gasteiger partial charge in [0, 0.05) is 25.2 Å². The highest BCUT2D eigenvalue weighted by Crippen LogP contribution is 2.36. The highest BCUT2D eigenvalue weighted by molar-refractivity contribution is 5.92. The Morgan fingerprint density at radius 2 is 1.38 bits per heavy atom. The summed E-state index contributed by atoms with van der Waals surface area (Å²) in [6.45, 7) is 13.2. The van der Waals surface area contributed by atoms with Crippen molar-refractivity contribution in [1.29, 1.82) is 0 Å². The average molecular weight is 525 g/mol. The molecule has 2 heterocycles. The molecular weight excluding hydrogens is 488 g/mol. The second kappa shape index (κ2) is 10.1. The van der Waals surface area contributed by atoms with E-state index in [1.54, 1.807) is 50.6 Å². The van der Waals surface area contributed by atoms with E-state index in [4.69, 9.17) is 5.10 Å². The van der Waals surface area contributed by atoms with E-state index in [1.165, 1.54) is 16.0 Å². The molecule has 202 valence electrons. The number of hydrogen-bond donors (Lipinski definition) is 1. The van der Waals surface area contributed by atoms with Crippen LogP contribution in [0.5, 0.6) is 0 Å². The Balaban J connectivity index is 1.93. The number of carboxylic acids is 1. The number of hydrogen-bond acceptors (Lipinski definition) is 4. The van der Waals surface area contributed by atoms with Crippen molar-refractivity contribution in [1.82, 2.24) is 19.7 Å². The lowest BCUT2D eigenvalue weighted by molar-refractivity contribution is 0.0696. The summed E-state index contributed by atoms with van der Waals surface area (Å²) in [4.78, 5) is 29.7. The van der Waals surface area contributed by atoms with E-state index in [1.807, 2.05) is 16.8 Å². The molecule has 0 saturated heterocycles. The van der Waals surface area contributed by atoms with Crippen molar-refractivity contribution in [2.24, 2.45) is 0 Å². The Labute approximate surface area is 230 Å². The van der Waals surface area contributed by atoms with Crippen molar-refractivity contribution in [3.8, 4) is 28.2 Å². The van der Waals surface area contributed by atoms with Crippen molar-refractivity contribution < 1.29 is 14.7 Å². The molecule has 0 bridgehead atoms. The summed E-state index contributed by atoms with van der Waals surface area (Å²) in [5.41, 5.74) is 6.99. The highest BCUT2D eigenvalue weighted by Gasteiger charge is 2.23. The minimum absolute atomic E-state index is 0.0634. The van der Waals surface area contributed by atoms with E-state index >= 15 is 0 Å². The number of carboxylic acid groups (broad SMARTS) is 1. The maximum absolute atomic E-state index is 12.4. The summed E-state index contributed by atoms with van der Waals surface area (Å²) >= 11 is 0. The lowest BCUT2D eigenvalue weighted by Crippen LogP contribution is -2.22. The number of amides is 1. The molecule has 4 aromatic rings. The van der Waals surface area contributed by atoms with E-state index in [0.717, 1.165) is 16.8 Å². The van der Waals surface area contributed by atoms with Gasteiger partial charge in [0.1, 0.15) is 5.69 Å². The SMILES string of the molecule is CN(C)C(=O)c1ccc(-n2nc(-c3ccc(C(=O)O)cc3)cc2-c2cc(C(C)(C)C)cc(C(C)(C)C)c2)cn1. The summed E-state index contributed by atoms with van der Waals surface area (Å²) in [5, 5.41) is 14.2. The van der Waals surface area contributed by atoms with Gasteiger partial charge in [-0.3, -0.25) is 4.79 Å². The monoisotopic (exact) mass is 524 g/mol. The standard InChI is InChI=1S/C32H36N4O3/c1-31(2,3)23-15-22(16-24(17-23)32(4,5)6)28-18-27(20-9-11-21(12-10-20)30(38)39)34-36(28)25-13-14-26(33-19-25)29(37)35(7)8/h9-19H,1-8H3,(H,38,39). The van der Waals surface area contributed by atoms with Crippen molar-refractivity contribution in [3.05, 3.63) is 89.2 Å². The van der Waals surface area contributed by atoms with Crippen LogP contribution >= 0.6 is 0 Å². The van der Waals surface area contributed by atoms with Crippen LogP contribution in [0, 0.1) is 0 Å². The van der Waals surface area contributed by atoms with Crippen LogP contribution in [-0.2, 0) is 10.8 Å². The zero-order valence-corrected chi connectivity index (χ0v) is 23.9. The van der Waals surface area contributed by atoms with Crippen LogP contribution < -0.4 is 0 Å². The minimum Gasteiger partial charge on any atom is -0.478 e. The Kier molecular flexibility index (Phi) is 7.21. The van der Waals surface area contributed by atoms with Gasteiger partial charge in [-0.15, -0.1) is 0 Å². The number of benzene rings is 2. The number of nitrogens with zero attached hydrogens (tertiary/aromatic N) is 4. The number of pyridine rings is 1. The molecule has 0 aliphatic rings. The second-order valence-corrected chi connectivity index (χ2v) is 12.1. The van der Waals surface area contributed by atoms with Crippen LogP contribution in [0.3, 0.4) is 0 Å². The Hall–Kier alpha value is -4.26. The lowest BCUT2D eigenvalue weighted by atomic mass is 9.79. The summed E-state index contributed by atoms with van der Waals surface area (Å²) in [6.07, 6.45) is 1.66. The van der Waals surface area contributed by atoms with Gasteiger partial charge in [-0.25, -0.2) is 14.5 Å². The quantitative estimate of drug-likeness (QED) is 0.318. The molecule has 1 amide bonds. The predicted molar refractivity (Wildman–Crippen MR) is 155 cm³/mol. The normalized spacial score (nSPS) is 11.9. The molecule has 2 aromatic heterocycles. The zero-order chi connectivity index (χ0) is 28.7. The van der Waals surface area contributed by atoms with E-state index in [-0.39, 0.29) is 22.3 Å². The van der Waals surface area contributed by atoms with Crippen molar-refractivity contribution >= 4 is 11.9 Å². The van der Waals surface area contributed by atoms with Gasteiger partial charge >= 0.3 is 5.97 Å². The van der Waals surface area contributed by atoms with E-state index in [2.05, 4.69) is 64.7 Å². The fraction of sp³-hybridized carbons (Fsp3) is 0.312. The Bertz CT molecular complexity index is 1490. The molecule has 39 heavy (non-hydrogen) atoms. The Morgan fingerprint density at radius 1 is 0.795 bits per heavy atom. The van der Waals surface area contributed by atoms with Gasteiger partial charge in [-0.05, 0) is 64.4 Å². The number of rotatable bonds is 5. The minimum atomic E-state index is -0.972. The average Bonchev–Trinajstić information content (AvgIpc) is 3.32. The van der Waals surface area contributed by atoms with Crippen LogP contribution in [-0.4, -0.2) is 50.7 Å². The van der Waals surface area contributed by atoms with Crippen LogP contribution in [0.1, 0.15) is 73.5 Å². The molecule has 7 heteroatoms. The fourth-order valence-corrected chi connectivity index (χ4v) is 4.22. The molecule has 0 atom stereocenters. The smallest absolute Gasteiger partial charge is 0.335 e. The topological polar surface area (TPSA) is 88.3 Å². The number of aromatic nitrogens is 3. The molecule has 4 rings (SSSR count). The molecule has 0 saturated carbocycles. The largest absolute Gasteiger partial charge is 0.478 e. The fourth-order valence-electron chi connectivity index (χ4n) is 4.22. The summed E-state index contributed by atoms with van der Waals surface area (Å²) < 4.78 is 1.84. The molecule has 2 aromatic carbocycles. The maximum atomic E-state index is 12.4. The molecular formula is C32H36N4O3. The Morgan fingerprint density at radius 3 is 1.85 bits per heavy atom. The van der Waals surface area contributed by atoms with E-state index in [0.29, 0.717) is 17.1 Å². The third-order valence-corrected chi connectivity index (χ3v) is 6.72. The van der Waals surface area contributed by atoms with Crippen molar-refractivity contribution in [3.63, 3.8) is 0 Å². The molecule has 1 N–H and O–H groups in total. The lowest BCUT2D eigenvalue weighted by Gasteiger charge is -2.26. The van der Waals surface area contributed by atoms with Gasteiger partial charge in [0.2, 0.25) is 0 Å². The molecule has 7 nitrogen and oxygen atoms in total. The van der Waals surface area contributed by atoms with Crippen LogP contribution in [0.15, 0.2) is 66.9 Å². The second-order valence-electron chi connectivity index (χ2n) is 12.1. The highest BCUT2D eigenvalue weighted by atomic mass is 16.4. The number of carbonyl (C=O) groups is 2. The first-order valence-corrected chi connectivity index (χ1v) is 12.9. The summed E-state index contributed by atoms with van der Waals surface area (Å²) in [6, 6.07) is 18.9. The van der Waals surface area contributed by atoms with Crippen molar-refractivity contribution in [2.75, 3.05) is 14.1 Å². The van der Waals surface area contributed by atoms with E-state index < -0.39 is 5.97 Å². The first-order chi connectivity index (χ1) is 18.1. The third kappa shape index (κ3) is 5.93. The molecule has 0 unspecified atom stereocenters. The van der Waals surface area contributed by atoms with Crippen LogP contribution in [0.4, 0.5) is 0 Å². The zero-order valence-electron chi connectivity index (χ0n) is 23.9. The first-order valence-electron chi connectivity index (χ1n) is 12.9. The molecule has 0 fully saturated rings. The van der Waals surface area contributed by atoms with Gasteiger partial charge in [0.25, 0.3) is 5.91 Å². The third-order valence-electron chi connectivity index (χ3n) is 6.72. The van der Waals surface area contributed by atoms with Gasteiger partial charge in [-0.1, -0.05) is 59.7 Å². The number of aromatic carboxylic acids is 1. The molecule has 0 aliphatic heterocycles. The predicted octanol–water partition coefficient (Wildman–Crippen LogP) is 6.60. The van der Waals surface area contributed by atoms with Crippen LogP contribution in [0.25, 0.3) is 28.2 Å². The molecule has 0 aliphatic carbocycles. The maximum Gasteiger partial charge on any atom is 0.335 e. The van der Waals surface area contributed by atoms with Gasteiger partial charge in [0.15, 0.2) is 0 Å². The first kappa shape index (κ1) is 27.8. The summed E-state index contributed by atoms with van der Waals surface area (Å²) in [5.74, 6) is -1.14. The van der Waals surface area contributed by atoms with Gasteiger partial charge in [-0.2, -0.15) is 5.10 Å². The number of carbonyl (C=O) groups excluding carboxylic acids is 1. The van der Waals surface area contributed by atoms with Gasteiger partial charge in [0.05, 0.1) is 28.8 Å². The molecule has 0 radical (unpaired) electrons. The van der Waals surface area contributed by atoms with Gasteiger partial charge < -0.3 is 10.0 Å². The van der Waals surface area contributed by atoms with Crippen LogP contribution in [0.2, 0.25) is 0 Å². The van der Waals surface area contributed by atoms with Crippen molar-refractivity contribution in [2.45, 2.75) is 52.4 Å². The summed E-state index contributed by atoms with van der Waals surface area (Å²) in [7, 11) is 3.39. The van der Waals surface area contributed by atoms with E-state index in [9.17, 15) is 14.7 Å².